The van der Waals surface area contributed by atoms with Gasteiger partial charge in [0.1, 0.15) is 0 Å². The number of hydrogen-bond donors (Lipinski definition) is 1. The molecule has 0 bridgehead atoms. The maximum Gasteiger partial charge on any atom is 0.254 e. The summed E-state index contributed by atoms with van der Waals surface area (Å²) in [5.41, 5.74) is 0.451. The molecular formula is C12H15ClN2O. The molecule has 0 saturated heterocycles. The maximum absolute atomic E-state index is 11.8. The monoisotopic (exact) mass is 238 g/mol. The second-order valence-corrected chi connectivity index (χ2v) is 4.79. The van der Waals surface area contributed by atoms with Gasteiger partial charge in [-0.2, -0.15) is 0 Å². The summed E-state index contributed by atoms with van der Waals surface area (Å²) < 4.78 is 0. The van der Waals surface area contributed by atoms with Crippen molar-refractivity contribution < 1.29 is 4.79 Å². The Morgan fingerprint density at radius 2 is 2.44 bits per heavy atom. The summed E-state index contributed by atoms with van der Waals surface area (Å²) in [5.74, 6) is 1.22. The lowest BCUT2D eigenvalue weighted by Crippen LogP contribution is -2.29. The fourth-order valence-corrected chi connectivity index (χ4v) is 1.92. The molecule has 1 unspecified atom stereocenters. The van der Waals surface area contributed by atoms with Crippen LogP contribution in [0.2, 0.25) is 5.02 Å². The molecular weight excluding hydrogens is 224 g/mol. The van der Waals surface area contributed by atoms with Crippen molar-refractivity contribution in [1.29, 1.82) is 0 Å². The number of aromatic nitrogens is 1. The first kappa shape index (κ1) is 11.4. The van der Waals surface area contributed by atoms with Crippen molar-refractivity contribution in [2.75, 3.05) is 6.54 Å². The summed E-state index contributed by atoms with van der Waals surface area (Å²) in [6.45, 7) is 2.89. The Balaban J connectivity index is 1.90. The van der Waals surface area contributed by atoms with Crippen molar-refractivity contribution >= 4 is 17.5 Å². The molecule has 1 aromatic rings. The van der Waals surface area contributed by atoms with E-state index in [1.165, 1.54) is 19.0 Å². The van der Waals surface area contributed by atoms with Gasteiger partial charge in [0, 0.05) is 18.9 Å². The Morgan fingerprint density at radius 3 is 3.06 bits per heavy atom. The Labute approximate surface area is 100 Å². The van der Waals surface area contributed by atoms with Crippen molar-refractivity contribution in [3.8, 4) is 0 Å². The van der Waals surface area contributed by atoms with Crippen molar-refractivity contribution in [2.24, 2.45) is 11.8 Å². The fraction of sp³-hybridized carbons (Fsp3) is 0.500. The topological polar surface area (TPSA) is 42.0 Å². The number of carbonyl (C=O) groups excluding carboxylic acids is 1. The van der Waals surface area contributed by atoms with Crippen LogP contribution in [-0.4, -0.2) is 17.4 Å². The average Bonchev–Trinajstić information content (AvgIpc) is 3.10. The number of pyridine rings is 1. The van der Waals surface area contributed by atoms with Crippen LogP contribution in [0.15, 0.2) is 18.5 Å². The molecule has 1 atom stereocenters. The van der Waals surface area contributed by atoms with Gasteiger partial charge in [-0.3, -0.25) is 9.78 Å². The minimum Gasteiger partial charge on any atom is -0.352 e. The molecule has 1 saturated carbocycles. The van der Waals surface area contributed by atoms with Crippen molar-refractivity contribution in [3.63, 3.8) is 0 Å². The average molecular weight is 239 g/mol. The minimum absolute atomic E-state index is 0.134. The van der Waals surface area contributed by atoms with Gasteiger partial charge in [0.15, 0.2) is 0 Å². The first-order valence-corrected chi connectivity index (χ1v) is 5.94. The molecule has 0 radical (unpaired) electrons. The third-order valence-corrected chi connectivity index (χ3v) is 3.35. The molecule has 0 aliphatic heterocycles. The quantitative estimate of drug-likeness (QED) is 0.876. The molecule has 0 aromatic carbocycles. The molecule has 86 valence electrons. The van der Waals surface area contributed by atoms with Crippen LogP contribution in [0, 0.1) is 11.8 Å². The smallest absolute Gasteiger partial charge is 0.254 e. The van der Waals surface area contributed by atoms with Crippen LogP contribution in [0.1, 0.15) is 30.1 Å². The van der Waals surface area contributed by atoms with Crippen LogP contribution in [0.5, 0.6) is 0 Å². The van der Waals surface area contributed by atoms with E-state index < -0.39 is 0 Å². The summed E-state index contributed by atoms with van der Waals surface area (Å²) in [4.78, 5) is 15.7. The number of amides is 1. The van der Waals surface area contributed by atoms with Gasteiger partial charge in [0.25, 0.3) is 5.91 Å². The van der Waals surface area contributed by atoms with Crippen LogP contribution in [0.25, 0.3) is 0 Å². The zero-order valence-electron chi connectivity index (χ0n) is 9.24. The van der Waals surface area contributed by atoms with Gasteiger partial charge in [0.05, 0.1) is 10.6 Å². The molecule has 1 aliphatic rings. The molecule has 1 aliphatic carbocycles. The summed E-state index contributed by atoms with van der Waals surface area (Å²) in [7, 11) is 0. The fourth-order valence-electron chi connectivity index (χ4n) is 1.73. The predicted molar refractivity (Wildman–Crippen MR) is 63.5 cm³/mol. The van der Waals surface area contributed by atoms with E-state index in [2.05, 4.69) is 17.2 Å². The zero-order chi connectivity index (χ0) is 11.5. The molecule has 3 nitrogen and oxygen atoms in total. The molecule has 1 amide bonds. The van der Waals surface area contributed by atoms with Gasteiger partial charge in [0.2, 0.25) is 0 Å². The molecule has 16 heavy (non-hydrogen) atoms. The van der Waals surface area contributed by atoms with Crippen molar-refractivity contribution in [3.05, 3.63) is 29.0 Å². The zero-order valence-corrected chi connectivity index (χ0v) is 10.00. The highest BCUT2D eigenvalue weighted by Gasteiger charge is 2.28. The number of hydrogen-bond acceptors (Lipinski definition) is 2. The van der Waals surface area contributed by atoms with E-state index in [0.29, 0.717) is 23.0 Å². The third kappa shape index (κ3) is 2.73. The SMILES string of the molecule is CC(CNC(=O)c1cnccc1Cl)C1CC1. The van der Waals surface area contributed by atoms with E-state index in [1.54, 1.807) is 12.3 Å². The lowest BCUT2D eigenvalue weighted by atomic mass is 10.1. The molecule has 4 heteroatoms. The largest absolute Gasteiger partial charge is 0.352 e. The minimum atomic E-state index is -0.134. The molecule has 2 rings (SSSR count). The van der Waals surface area contributed by atoms with Crippen LogP contribution < -0.4 is 5.32 Å². The van der Waals surface area contributed by atoms with Gasteiger partial charge < -0.3 is 5.32 Å². The lowest BCUT2D eigenvalue weighted by molar-refractivity contribution is 0.0946. The molecule has 1 fully saturated rings. The first-order valence-electron chi connectivity index (χ1n) is 5.56. The van der Waals surface area contributed by atoms with Crippen LogP contribution in [-0.2, 0) is 0 Å². The summed E-state index contributed by atoms with van der Waals surface area (Å²) in [6.07, 6.45) is 5.67. The second-order valence-electron chi connectivity index (χ2n) is 4.38. The number of rotatable bonds is 4. The Hall–Kier alpha value is -1.09. The lowest BCUT2D eigenvalue weighted by Gasteiger charge is -2.11. The molecule has 1 heterocycles. The van der Waals surface area contributed by atoms with E-state index >= 15 is 0 Å². The van der Waals surface area contributed by atoms with Gasteiger partial charge in [-0.1, -0.05) is 18.5 Å². The number of carbonyl (C=O) groups is 1. The van der Waals surface area contributed by atoms with Crippen LogP contribution in [0.3, 0.4) is 0 Å². The van der Waals surface area contributed by atoms with E-state index in [9.17, 15) is 4.79 Å². The number of nitrogens with zero attached hydrogens (tertiary/aromatic N) is 1. The third-order valence-electron chi connectivity index (χ3n) is 3.02. The normalized spacial score (nSPS) is 16.9. The number of halogens is 1. The second kappa shape index (κ2) is 4.83. The van der Waals surface area contributed by atoms with E-state index in [0.717, 1.165) is 5.92 Å². The van der Waals surface area contributed by atoms with Crippen molar-refractivity contribution in [1.82, 2.24) is 10.3 Å². The van der Waals surface area contributed by atoms with Gasteiger partial charge in [-0.05, 0) is 30.7 Å². The Bertz CT molecular complexity index is 390. The molecule has 0 spiro atoms. The Kier molecular flexibility index (Phi) is 3.44. The van der Waals surface area contributed by atoms with Gasteiger partial charge >= 0.3 is 0 Å². The highest BCUT2D eigenvalue weighted by Crippen LogP contribution is 2.36. The highest BCUT2D eigenvalue weighted by molar-refractivity contribution is 6.33. The highest BCUT2D eigenvalue weighted by atomic mass is 35.5. The van der Waals surface area contributed by atoms with E-state index in [1.807, 2.05) is 0 Å². The Morgan fingerprint density at radius 1 is 1.69 bits per heavy atom. The van der Waals surface area contributed by atoms with E-state index in [4.69, 9.17) is 11.6 Å². The summed E-state index contributed by atoms with van der Waals surface area (Å²) in [6, 6.07) is 1.63. The van der Waals surface area contributed by atoms with Gasteiger partial charge in [-0.25, -0.2) is 0 Å². The maximum atomic E-state index is 11.8. The number of nitrogens with one attached hydrogen (secondary N) is 1. The first-order chi connectivity index (χ1) is 7.68. The summed E-state index contributed by atoms with van der Waals surface area (Å²) >= 11 is 5.91. The molecule has 1 N–H and O–H groups in total. The standard InChI is InChI=1S/C12H15ClN2O/c1-8(9-2-3-9)6-15-12(16)10-7-14-5-4-11(10)13/h4-5,7-9H,2-3,6H2,1H3,(H,15,16). The van der Waals surface area contributed by atoms with Crippen LogP contribution in [0.4, 0.5) is 0 Å². The van der Waals surface area contributed by atoms with Crippen molar-refractivity contribution in [2.45, 2.75) is 19.8 Å². The van der Waals surface area contributed by atoms with E-state index in [-0.39, 0.29) is 5.91 Å². The molecule has 1 aromatic heterocycles. The van der Waals surface area contributed by atoms with Crippen LogP contribution >= 0.6 is 11.6 Å². The predicted octanol–water partition coefficient (Wildman–Crippen LogP) is 2.51. The van der Waals surface area contributed by atoms with Gasteiger partial charge in [-0.15, -0.1) is 0 Å². The summed E-state index contributed by atoms with van der Waals surface area (Å²) in [5, 5.41) is 3.35.